The van der Waals surface area contributed by atoms with Crippen molar-refractivity contribution in [2.45, 2.75) is 0 Å². The maximum atomic E-state index is 12.0. The van der Waals surface area contributed by atoms with Crippen LogP contribution < -0.4 is 9.61 Å². The fraction of sp³-hybridized carbons (Fsp3) is 0.182. The molecule has 1 aromatic carbocycles. The SMILES string of the molecule is Cn1cc(OS(C)(=O)=O)c(=O)c2ccc(Cl)cc21. The van der Waals surface area contributed by atoms with Gasteiger partial charge in [-0.05, 0) is 18.2 Å². The Bertz CT molecular complexity index is 779. The molecule has 0 saturated heterocycles. The molecular formula is C11H10ClNO4S. The quantitative estimate of drug-likeness (QED) is 0.786. The number of benzene rings is 1. The third-order valence-corrected chi connectivity index (χ3v) is 3.08. The summed E-state index contributed by atoms with van der Waals surface area (Å²) in [6, 6.07) is 4.73. The van der Waals surface area contributed by atoms with Gasteiger partial charge in [-0.3, -0.25) is 4.79 Å². The molecule has 0 aliphatic heterocycles. The molecule has 96 valence electrons. The zero-order valence-corrected chi connectivity index (χ0v) is 11.2. The molecule has 0 atom stereocenters. The van der Waals surface area contributed by atoms with Crippen LogP contribution in [0.15, 0.2) is 29.2 Å². The number of nitrogens with zero attached hydrogens (tertiary/aromatic N) is 1. The fourth-order valence-electron chi connectivity index (χ4n) is 1.65. The Balaban J connectivity index is 2.77. The van der Waals surface area contributed by atoms with E-state index in [0.717, 1.165) is 6.26 Å². The Morgan fingerprint density at radius 1 is 1.33 bits per heavy atom. The molecule has 0 amide bonds. The van der Waals surface area contributed by atoms with Gasteiger partial charge < -0.3 is 8.75 Å². The van der Waals surface area contributed by atoms with Gasteiger partial charge in [-0.2, -0.15) is 8.42 Å². The van der Waals surface area contributed by atoms with Crippen molar-refractivity contribution in [1.29, 1.82) is 0 Å². The van der Waals surface area contributed by atoms with Crippen LogP contribution in [0.2, 0.25) is 5.02 Å². The van der Waals surface area contributed by atoms with Crippen LogP contribution in [0.4, 0.5) is 0 Å². The minimum Gasteiger partial charge on any atom is -0.377 e. The Hall–Kier alpha value is -1.53. The first-order valence-corrected chi connectivity index (χ1v) is 7.16. The summed E-state index contributed by atoms with van der Waals surface area (Å²) in [5.74, 6) is -0.227. The maximum absolute atomic E-state index is 12.0. The van der Waals surface area contributed by atoms with Crippen molar-refractivity contribution in [1.82, 2.24) is 4.57 Å². The van der Waals surface area contributed by atoms with E-state index in [9.17, 15) is 13.2 Å². The average molecular weight is 288 g/mol. The number of aromatic nitrogens is 1. The van der Waals surface area contributed by atoms with Crippen LogP contribution >= 0.6 is 11.6 Å². The van der Waals surface area contributed by atoms with Gasteiger partial charge in [0, 0.05) is 17.5 Å². The highest BCUT2D eigenvalue weighted by Gasteiger charge is 2.13. The molecule has 7 heteroatoms. The van der Waals surface area contributed by atoms with E-state index in [-0.39, 0.29) is 5.75 Å². The van der Waals surface area contributed by atoms with Gasteiger partial charge in [-0.1, -0.05) is 11.6 Å². The number of fused-ring (bicyclic) bond motifs is 1. The summed E-state index contributed by atoms with van der Waals surface area (Å²) >= 11 is 5.85. The van der Waals surface area contributed by atoms with E-state index in [1.54, 1.807) is 23.7 Å². The summed E-state index contributed by atoms with van der Waals surface area (Å²) in [6.45, 7) is 0. The molecule has 0 fully saturated rings. The fourth-order valence-corrected chi connectivity index (χ4v) is 2.26. The van der Waals surface area contributed by atoms with Gasteiger partial charge in [0.25, 0.3) is 0 Å². The molecule has 0 saturated carbocycles. The minimum atomic E-state index is -3.73. The number of halogens is 1. The van der Waals surface area contributed by atoms with Crippen molar-refractivity contribution < 1.29 is 12.6 Å². The van der Waals surface area contributed by atoms with Gasteiger partial charge in [-0.15, -0.1) is 0 Å². The highest BCUT2D eigenvalue weighted by Crippen LogP contribution is 2.19. The van der Waals surface area contributed by atoms with Crippen molar-refractivity contribution in [3.63, 3.8) is 0 Å². The Morgan fingerprint density at radius 2 is 2.00 bits per heavy atom. The van der Waals surface area contributed by atoms with Crippen molar-refractivity contribution >= 4 is 32.6 Å². The topological polar surface area (TPSA) is 65.4 Å². The number of aryl methyl sites for hydroxylation is 1. The molecule has 0 spiro atoms. The van der Waals surface area contributed by atoms with Gasteiger partial charge in [0.2, 0.25) is 11.2 Å². The van der Waals surface area contributed by atoms with E-state index >= 15 is 0 Å². The normalized spacial score (nSPS) is 11.7. The molecule has 0 unspecified atom stereocenters. The molecule has 0 bridgehead atoms. The smallest absolute Gasteiger partial charge is 0.306 e. The van der Waals surface area contributed by atoms with E-state index < -0.39 is 15.5 Å². The maximum Gasteiger partial charge on any atom is 0.306 e. The second kappa shape index (κ2) is 4.29. The summed E-state index contributed by atoms with van der Waals surface area (Å²) in [7, 11) is -2.06. The lowest BCUT2D eigenvalue weighted by molar-refractivity contribution is 0.488. The monoisotopic (exact) mass is 287 g/mol. The van der Waals surface area contributed by atoms with Crippen LogP contribution in [-0.4, -0.2) is 19.2 Å². The molecule has 0 aliphatic rings. The second-order valence-electron chi connectivity index (χ2n) is 3.88. The average Bonchev–Trinajstić information content (AvgIpc) is 2.23. The summed E-state index contributed by atoms with van der Waals surface area (Å²) in [4.78, 5) is 12.0. The highest BCUT2D eigenvalue weighted by molar-refractivity contribution is 7.86. The molecule has 1 aromatic heterocycles. The lowest BCUT2D eigenvalue weighted by Crippen LogP contribution is -2.16. The van der Waals surface area contributed by atoms with Gasteiger partial charge in [0.15, 0.2) is 0 Å². The third-order valence-electron chi connectivity index (χ3n) is 2.36. The first kappa shape index (κ1) is 12.9. The summed E-state index contributed by atoms with van der Waals surface area (Å²) in [6.07, 6.45) is 2.21. The van der Waals surface area contributed by atoms with Crippen LogP contribution in [0.25, 0.3) is 10.9 Å². The molecule has 0 N–H and O–H groups in total. The number of rotatable bonds is 2. The first-order valence-electron chi connectivity index (χ1n) is 4.96. The van der Waals surface area contributed by atoms with E-state index in [1.165, 1.54) is 12.3 Å². The zero-order chi connectivity index (χ0) is 13.5. The number of hydrogen-bond donors (Lipinski definition) is 0. The molecular weight excluding hydrogens is 278 g/mol. The minimum absolute atomic E-state index is 0.227. The Labute approximate surface area is 109 Å². The van der Waals surface area contributed by atoms with Crippen LogP contribution in [0.3, 0.4) is 0 Å². The zero-order valence-electron chi connectivity index (χ0n) is 9.68. The Kier molecular flexibility index (Phi) is 3.08. The second-order valence-corrected chi connectivity index (χ2v) is 5.89. The summed E-state index contributed by atoms with van der Waals surface area (Å²) in [5, 5.41) is 0.845. The summed E-state index contributed by atoms with van der Waals surface area (Å²) in [5.41, 5.74) is 0.124. The largest absolute Gasteiger partial charge is 0.377 e. The van der Waals surface area contributed by atoms with Crippen LogP contribution in [-0.2, 0) is 17.2 Å². The van der Waals surface area contributed by atoms with Crippen molar-refractivity contribution in [3.05, 3.63) is 39.6 Å². The van der Waals surface area contributed by atoms with Crippen molar-refractivity contribution in [2.24, 2.45) is 7.05 Å². The highest BCUT2D eigenvalue weighted by atomic mass is 35.5. The van der Waals surface area contributed by atoms with Crippen LogP contribution in [0.5, 0.6) is 5.75 Å². The van der Waals surface area contributed by atoms with Crippen molar-refractivity contribution in [3.8, 4) is 5.75 Å². The van der Waals surface area contributed by atoms with E-state index in [0.29, 0.717) is 15.9 Å². The number of hydrogen-bond acceptors (Lipinski definition) is 4. The molecule has 0 aliphatic carbocycles. The van der Waals surface area contributed by atoms with Crippen LogP contribution in [0, 0.1) is 0 Å². The van der Waals surface area contributed by atoms with Crippen molar-refractivity contribution in [2.75, 3.05) is 6.26 Å². The predicted molar refractivity (Wildman–Crippen MR) is 69.7 cm³/mol. The molecule has 2 aromatic rings. The summed E-state index contributed by atoms with van der Waals surface area (Å²) < 4.78 is 28.4. The van der Waals surface area contributed by atoms with E-state index in [2.05, 4.69) is 4.18 Å². The van der Waals surface area contributed by atoms with E-state index in [1.807, 2.05) is 0 Å². The van der Waals surface area contributed by atoms with Gasteiger partial charge in [0.05, 0.1) is 18.0 Å². The predicted octanol–water partition coefficient (Wildman–Crippen LogP) is 1.53. The van der Waals surface area contributed by atoms with Gasteiger partial charge in [-0.25, -0.2) is 0 Å². The molecule has 5 nitrogen and oxygen atoms in total. The molecule has 1 heterocycles. The lowest BCUT2D eigenvalue weighted by Gasteiger charge is -2.09. The van der Waals surface area contributed by atoms with E-state index in [4.69, 9.17) is 11.6 Å². The first-order chi connectivity index (χ1) is 8.28. The standard InChI is InChI=1S/C11H10ClNO4S/c1-13-6-10(17-18(2,15)16)11(14)8-4-3-7(12)5-9(8)13/h3-6H,1-2H3. The lowest BCUT2D eigenvalue weighted by atomic mass is 10.2. The number of pyridine rings is 1. The Morgan fingerprint density at radius 3 is 2.61 bits per heavy atom. The van der Waals surface area contributed by atoms with Gasteiger partial charge >= 0.3 is 10.1 Å². The van der Waals surface area contributed by atoms with Gasteiger partial charge in [0.1, 0.15) is 0 Å². The third kappa shape index (κ3) is 2.49. The molecule has 0 radical (unpaired) electrons. The molecule has 2 rings (SSSR count). The molecule has 18 heavy (non-hydrogen) atoms. The van der Waals surface area contributed by atoms with Crippen LogP contribution in [0.1, 0.15) is 0 Å².